The zero-order chi connectivity index (χ0) is 22.3. The van der Waals surface area contributed by atoms with Crippen molar-refractivity contribution in [1.82, 2.24) is 0 Å². The van der Waals surface area contributed by atoms with Gasteiger partial charge in [-0.25, -0.2) is 0 Å². The lowest BCUT2D eigenvalue weighted by molar-refractivity contribution is -0.176. The summed E-state index contributed by atoms with van der Waals surface area (Å²) in [7, 11) is 0. The minimum absolute atomic E-state index is 0.00858. The molecule has 1 N–H and O–H groups in total. The Morgan fingerprint density at radius 2 is 1.87 bits per heavy atom. The minimum atomic E-state index is -0.318. The fourth-order valence-electron chi connectivity index (χ4n) is 7.80. The summed E-state index contributed by atoms with van der Waals surface area (Å²) in [6, 6.07) is 0. The molecule has 10 atom stereocenters. The molecular formula is C25H39BrO5. The average molecular weight is 499 g/mol. The predicted octanol–water partition coefficient (Wildman–Crippen LogP) is 5.02. The number of halogens is 1. The number of rotatable bonds is 5. The summed E-state index contributed by atoms with van der Waals surface area (Å²) in [4.78, 5) is 24.0. The van der Waals surface area contributed by atoms with E-state index >= 15 is 0 Å². The molecule has 4 aliphatic carbocycles. The van der Waals surface area contributed by atoms with Crippen LogP contribution < -0.4 is 0 Å². The molecule has 6 heteroatoms. The van der Waals surface area contributed by atoms with E-state index in [4.69, 9.17) is 9.47 Å². The van der Waals surface area contributed by atoms with E-state index in [1.807, 2.05) is 0 Å². The maximum Gasteiger partial charge on any atom is 0.306 e. The van der Waals surface area contributed by atoms with Crippen molar-refractivity contribution in [1.29, 1.82) is 0 Å². The van der Waals surface area contributed by atoms with Gasteiger partial charge in [0.1, 0.15) is 12.2 Å². The van der Waals surface area contributed by atoms with E-state index in [1.54, 1.807) is 0 Å². The Hall–Kier alpha value is -0.620. The number of esters is 2. The molecule has 0 aromatic carbocycles. The molecule has 5 nitrogen and oxygen atoms in total. The molecule has 176 valence electrons. The van der Waals surface area contributed by atoms with Gasteiger partial charge in [0.2, 0.25) is 0 Å². The van der Waals surface area contributed by atoms with Gasteiger partial charge in [-0.2, -0.15) is 0 Å². The van der Waals surface area contributed by atoms with Gasteiger partial charge in [-0.3, -0.25) is 9.59 Å². The van der Waals surface area contributed by atoms with E-state index in [2.05, 4.69) is 29.8 Å². The smallest absolute Gasteiger partial charge is 0.306 e. The molecule has 31 heavy (non-hydrogen) atoms. The topological polar surface area (TPSA) is 72.8 Å². The molecular weight excluding hydrogens is 460 g/mol. The molecule has 4 aliphatic rings. The van der Waals surface area contributed by atoms with Crippen LogP contribution in [0.3, 0.4) is 0 Å². The highest BCUT2D eigenvalue weighted by Gasteiger charge is 2.61. The number of alkyl halides is 1. The van der Waals surface area contributed by atoms with Crippen LogP contribution in [-0.4, -0.2) is 40.2 Å². The predicted molar refractivity (Wildman–Crippen MR) is 122 cm³/mol. The van der Waals surface area contributed by atoms with Gasteiger partial charge in [0.05, 0.1) is 10.9 Å². The summed E-state index contributed by atoms with van der Waals surface area (Å²) < 4.78 is 11.5. The van der Waals surface area contributed by atoms with E-state index in [0.29, 0.717) is 30.1 Å². The summed E-state index contributed by atoms with van der Waals surface area (Å²) >= 11 is 3.78. The van der Waals surface area contributed by atoms with Crippen molar-refractivity contribution >= 4 is 27.9 Å². The molecule has 0 heterocycles. The van der Waals surface area contributed by atoms with Crippen molar-refractivity contribution in [2.45, 2.75) is 108 Å². The van der Waals surface area contributed by atoms with Crippen molar-refractivity contribution in [2.24, 2.45) is 35.0 Å². The zero-order valence-electron chi connectivity index (χ0n) is 19.2. The van der Waals surface area contributed by atoms with Gasteiger partial charge in [-0.05, 0) is 80.5 Å². The van der Waals surface area contributed by atoms with Crippen molar-refractivity contribution in [3.05, 3.63) is 0 Å². The van der Waals surface area contributed by atoms with Crippen LogP contribution >= 0.6 is 15.9 Å². The minimum Gasteiger partial charge on any atom is -0.462 e. The van der Waals surface area contributed by atoms with Crippen LogP contribution in [0.25, 0.3) is 0 Å². The number of aliphatic hydroxyl groups excluding tert-OH is 1. The van der Waals surface area contributed by atoms with Crippen LogP contribution in [0.1, 0.15) is 85.0 Å². The highest BCUT2D eigenvalue weighted by molar-refractivity contribution is 9.09. The Kier molecular flexibility index (Phi) is 7.08. The van der Waals surface area contributed by atoms with E-state index in [9.17, 15) is 14.7 Å². The monoisotopic (exact) mass is 498 g/mol. The molecule has 0 radical (unpaired) electrons. The Morgan fingerprint density at radius 1 is 1.10 bits per heavy atom. The first-order chi connectivity index (χ1) is 14.7. The fraction of sp³-hybridized carbons (Fsp3) is 0.920. The number of carbonyl (C=O) groups is 2. The molecule has 0 saturated heterocycles. The second-order valence-corrected chi connectivity index (χ2v) is 12.1. The van der Waals surface area contributed by atoms with Gasteiger partial charge in [0, 0.05) is 19.3 Å². The van der Waals surface area contributed by atoms with Crippen LogP contribution in [0.2, 0.25) is 0 Å². The van der Waals surface area contributed by atoms with Gasteiger partial charge in [0.25, 0.3) is 0 Å². The van der Waals surface area contributed by atoms with Crippen LogP contribution in [-0.2, 0) is 19.1 Å². The van der Waals surface area contributed by atoms with Crippen molar-refractivity contribution < 1.29 is 24.2 Å². The summed E-state index contributed by atoms with van der Waals surface area (Å²) in [5, 5.41) is 11.3. The second kappa shape index (κ2) is 9.32. The number of ether oxygens (including phenoxy) is 2. The lowest BCUT2D eigenvalue weighted by atomic mass is 9.46. The maximum absolute atomic E-state index is 12.2. The Balaban J connectivity index is 1.46. The summed E-state index contributed by atoms with van der Waals surface area (Å²) in [5.74, 6) is 1.67. The average Bonchev–Trinajstić information content (AvgIpc) is 3.02. The highest BCUT2D eigenvalue weighted by atomic mass is 79.9. The SMILES string of the molecule is CCCCC(=O)O[C@H]1CC[C@@]2(C)C(CC(O)C3C4C[C@@H](Br)[C@H](OC(C)=O)[C@H]4CCC32)C1. The van der Waals surface area contributed by atoms with Crippen molar-refractivity contribution in [3.8, 4) is 0 Å². The third kappa shape index (κ3) is 4.45. The quantitative estimate of drug-likeness (QED) is 0.425. The van der Waals surface area contributed by atoms with Crippen molar-refractivity contribution in [2.75, 3.05) is 0 Å². The van der Waals surface area contributed by atoms with Crippen LogP contribution in [0.5, 0.6) is 0 Å². The third-order valence-corrected chi connectivity index (χ3v) is 10.1. The lowest BCUT2D eigenvalue weighted by Crippen LogP contribution is -2.57. The molecule has 5 unspecified atom stereocenters. The third-order valence-electron chi connectivity index (χ3n) is 9.23. The van der Waals surface area contributed by atoms with Gasteiger partial charge in [-0.15, -0.1) is 0 Å². The maximum atomic E-state index is 12.2. The van der Waals surface area contributed by atoms with E-state index in [0.717, 1.165) is 57.8 Å². The van der Waals surface area contributed by atoms with Crippen LogP contribution in [0, 0.1) is 35.0 Å². The normalized spacial score (nSPS) is 46.4. The molecule has 0 aliphatic heterocycles. The first-order valence-corrected chi connectivity index (χ1v) is 13.3. The molecule has 4 fully saturated rings. The second-order valence-electron chi connectivity index (χ2n) is 10.9. The van der Waals surface area contributed by atoms with E-state index < -0.39 is 0 Å². The molecule has 4 rings (SSSR count). The van der Waals surface area contributed by atoms with Gasteiger partial charge in [0.15, 0.2) is 0 Å². The van der Waals surface area contributed by atoms with E-state index in [1.165, 1.54) is 6.92 Å². The number of hydrogen-bond acceptors (Lipinski definition) is 5. The van der Waals surface area contributed by atoms with Crippen LogP contribution in [0.4, 0.5) is 0 Å². The summed E-state index contributed by atoms with van der Waals surface area (Å²) in [6.07, 6.45) is 8.86. The lowest BCUT2D eigenvalue weighted by Gasteiger charge is -2.60. The number of aliphatic hydroxyl groups is 1. The number of fused-ring (bicyclic) bond motifs is 5. The van der Waals surface area contributed by atoms with Crippen molar-refractivity contribution in [3.63, 3.8) is 0 Å². The molecule has 4 saturated carbocycles. The highest BCUT2D eigenvalue weighted by Crippen LogP contribution is 2.64. The summed E-state index contributed by atoms with van der Waals surface area (Å²) in [6.45, 7) is 6.01. The van der Waals surface area contributed by atoms with Gasteiger partial charge < -0.3 is 14.6 Å². The number of carbonyl (C=O) groups excluding carboxylic acids is 2. The largest absolute Gasteiger partial charge is 0.462 e. The first kappa shape index (κ1) is 23.5. The summed E-state index contributed by atoms with van der Waals surface area (Å²) in [5.41, 5.74) is 0.197. The van der Waals surface area contributed by atoms with Gasteiger partial charge >= 0.3 is 11.9 Å². The molecule has 0 aromatic rings. The first-order valence-electron chi connectivity index (χ1n) is 12.4. The molecule has 0 bridgehead atoms. The van der Waals surface area contributed by atoms with Crippen LogP contribution in [0.15, 0.2) is 0 Å². The standard InChI is InChI=1S/C25H39BrO5/c1-4-5-6-22(29)31-16-9-10-25(3)15(11-16)12-21(28)23-18-13-20(26)24(30-14(2)27)17(18)7-8-19(23)25/h15-21,23-24,28H,4-13H2,1-3H3/t15?,16-,17-,18?,19?,20+,21?,23?,24+,25-/m0/s1. The Morgan fingerprint density at radius 3 is 2.58 bits per heavy atom. The molecule has 0 aromatic heterocycles. The number of hydrogen-bond donors (Lipinski definition) is 1. The Labute approximate surface area is 195 Å². The number of unbranched alkanes of at least 4 members (excludes halogenated alkanes) is 1. The fourth-order valence-corrected chi connectivity index (χ4v) is 8.73. The Bertz CT molecular complexity index is 683. The molecule has 0 spiro atoms. The van der Waals surface area contributed by atoms with Gasteiger partial charge in [-0.1, -0.05) is 36.2 Å². The van der Waals surface area contributed by atoms with E-state index in [-0.39, 0.29) is 46.4 Å². The zero-order valence-corrected chi connectivity index (χ0v) is 20.8. The molecule has 0 amide bonds.